The van der Waals surface area contributed by atoms with Crippen LogP contribution in [0.1, 0.15) is 5.89 Å². The van der Waals surface area contributed by atoms with Gasteiger partial charge in [-0.15, -0.1) is 0 Å². The predicted molar refractivity (Wildman–Crippen MR) is 89.1 cm³/mol. The molecule has 0 unspecified atom stereocenters. The Bertz CT molecular complexity index is 851. The first-order valence-electron chi connectivity index (χ1n) is 7.26. The summed E-state index contributed by atoms with van der Waals surface area (Å²) in [5.74, 6) is -0.771. The van der Waals surface area contributed by atoms with E-state index in [4.69, 9.17) is 9.15 Å². The summed E-state index contributed by atoms with van der Waals surface area (Å²) in [4.78, 5) is 27.5. The predicted octanol–water partition coefficient (Wildman–Crippen LogP) is 3.02. The summed E-state index contributed by atoms with van der Waals surface area (Å²) in [6.45, 7) is -0.369. The lowest BCUT2D eigenvalue weighted by atomic mass is 10.3. The SMILES string of the molecule is O=C(COC(=O)/C=C/c1nc2ccccc2o1)Nc1ccccc1. The monoisotopic (exact) mass is 322 g/mol. The lowest BCUT2D eigenvalue weighted by molar-refractivity contribution is -0.142. The fourth-order valence-electron chi connectivity index (χ4n) is 2.00. The van der Waals surface area contributed by atoms with Crippen molar-refractivity contribution >= 4 is 34.7 Å². The molecular formula is C18H14N2O4. The molecular weight excluding hydrogens is 308 g/mol. The van der Waals surface area contributed by atoms with Gasteiger partial charge >= 0.3 is 5.97 Å². The van der Waals surface area contributed by atoms with E-state index in [0.29, 0.717) is 22.7 Å². The van der Waals surface area contributed by atoms with E-state index in [0.717, 1.165) is 0 Å². The van der Waals surface area contributed by atoms with Gasteiger partial charge in [0.15, 0.2) is 12.2 Å². The van der Waals surface area contributed by atoms with Crippen molar-refractivity contribution in [2.45, 2.75) is 0 Å². The van der Waals surface area contributed by atoms with Crippen LogP contribution < -0.4 is 5.32 Å². The minimum atomic E-state index is -0.652. The second-order valence-electron chi connectivity index (χ2n) is 4.88. The highest BCUT2D eigenvalue weighted by Gasteiger charge is 2.06. The Morgan fingerprint density at radius 3 is 2.62 bits per heavy atom. The van der Waals surface area contributed by atoms with Crippen LogP contribution in [0.2, 0.25) is 0 Å². The number of benzene rings is 2. The van der Waals surface area contributed by atoms with E-state index >= 15 is 0 Å². The highest BCUT2D eigenvalue weighted by Crippen LogP contribution is 2.15. The lowest BCUT2D eigenvalue weighted by Gasteiger charge is -2.04. The van der Waals surface area contributed by atoms with Crippen LogP contribution in [0.15, 0.2) is 65.1 Å². The van der Waals surface area contributed by atoms with E-state index in [1.165, 1.54) is 12.2 Å². The second-order valence-corrected chi connectivity index (χ2v) is 4.88. The molecule has 6 heteroatoms. The van der Waals surface area contributed by atoms with Gasteiger partial charge in [-0.25, -0.2) is 9.78 Å². The van der Waals surface area contributed by atoms with Crippen LogP contribution in [0.5, 0.6) is 0 Å². The molecule has 24 heavy (non-hydrogen) atoms. The summed E-state index contributed by atoms with van der Waals surface area (Å²) in [6.07, 6.45) is 2.57. The number of aromatic nitrogens is 1. The molecule has 0 aliphatic heterocycles. The van der Waals surface area contributed by atoms with Crippen LogP contribution in [0.3, 0.4) is 0 Å². The Morgan fingerprint density at radius 2 is 1.83 bits per heavy atom. The van der Waals surface area contributed by atoms with Gasteiger partial charge in [0.1, 0.15) is 5.52 Å². The highest BCUT2D eigenvalue weighted by molar-refractivity contribution is 5.94. The quantitative estimate of drug-likeness (QED) is 0.577. The number of hydrogen-bond acceptors (Lipinski definition) is 5. The van der Waals surface area contributed by atoms with E-state index < -0.39 is 11.9 Å². The molecule has 1 N–H and O–H groups in total. The molecule has 0 saturated carbocycles. The number of esters is 1. The van der Waals surface area contributed by atoms with E-state index in [1.54, 1.807) is 30.3 Å². The average Bonchev–Trinajstić information content (AvgIpc) is 3.02. The number of hydrogen-bond donors (Lipinski definition) is 1. The largest absolute Gasteiger partial charge is 0.452 e. The van der Waals surface area contributed by atoms with E-state index in [9.17, 15) is 9.59 Å². The third-order valence-electron chi connectivity index (χ3n) is 3.08. The molecule has 3 aromatic rings. The van der Waals surface area contributed by atoms with E-state index in [-0.39, 0.29) is 6.61 Å². The molecule has 0 spiro atoms. The van der Waals surface area contributed by atoms with Crippen LogP contribution in [0.4, 0.5) is 5.69 Å². The van der Waals surface area contributed by atoms with Gasteiger partial charge in [0.25, 0.3) is 5.91 Å². The number of carbonyl (C=O) groups excluding carboxylic acids is 2. The van der Waals surface area contributed by atoms with Gasteiger partial charge in [-0.1, -0.05) is 30.3 Å². The molecule has 0 aliphatic rings. The smallest absolute Gasteiger partial charge is 0.331 e. The zero-order chi connectivity index (χ0) is 16.8. The Balaban J connectivity index is 1.50. The fourth-order valence-corrected chi connectivity index (χ4v) is 2.00. The minimum absolute atomic E-state index is 0.293. The van der Waals surface area contributed by atoms with Gasteiger partial charge in [-0.3, -0.25) is 4.79 Å². The molecule has 0 radical (unpaired) electrons. The maximum absolute atomic E-state index is 11.7. The Kier molecular flexibility index (Phi) is 4.67. The highest BCUT2D eigenvalue weighted by atomic mass is 16.5. The van der Waals surface area contributed by atoms with Crippen molar-refractivity contribution in [2.24, 2.45) is 0 Å². The summed E-state index contributed by atoms with van der Waals surface area (Å²) >= 11 is 0. The molecule has 1 aromatic heterocycles. The Hall–Kier alpha value is -3.41. The maximum atomic E-state index is 11.7. The number of oxazole rings is 1. The number of para-hydroxylation sites is 3. The number of fused-ring (bicyclic) bond motifs is 1. The molecule has 6 nitrogen and oxygen atoms in total. The Morgan fingerprint density at radius 1 is 1.08 bits per heavy atom. The molecule has 1 amide bonds. The number of nitrogens with zero attached hydrogens (tertiary/aromatic N) is 1. The first-order valence-corrected chi connectivity index (χ1v) is 7.26. The van der Waals surface area contributed by atoms with Crippen molar-refractivity contribution in [3.8, 4) is 0 Å². The summed E-state index contributed by atoms with van der Waals surface area (Å²) in [5.41, 5.74) is 1.97. The zero-order valence-electron chi connectivity index (χ0n) is 12.6. The van der Waals surface area contributed by atoms with Crippen LogP contribution in [-0.4, -0.2) is 23.5 Å². The average molecular weight is 322 g/mol. The molecule has 0 atom stereocenters. The molecule has 120 valence electrons. The van der Waals surface area contributed by atoms with Crippen LogP contribution in [-0.2, 0) is 14.3 Å². The Labute approximate surface area is 137 Å². The summed E-state index contributed by atoms with van der Waals surface area (Å²) < 4.78 is 10.3. The number of rotatable bonds is 5. The van der Waals surface area contributed by atoms with Crippen molar-refractivity contribution in [2.75, 3.05) is 11.9 Å². The summed E-state index contributed by atoms with van der Waals surface area (Å²) in [5, 5.41) is 2.62. The second kappa shape index (κ2) is 7.23. The van der Waals surface area contributed by atoms with Crippen LogP contribution in [0.25, 0.3) is 17.2 Å². The molecule has 0 bridgehead atoms. The fraction of sp³-hybridized carbons (Fsp3) is 0.0556. The molecule has 0 aliphatic carbocycles. The minimum Gasteiger partial charge on any atom is -0.452 e. The molecule has 0 fully saturated rings. The van der Waals surface area contributed by atoms with Gasteiger partial charge in [-0.05, 0) is 24.3 Å². The van der Waals surface area contributed by atoms with E-state index in [2.05, 4.69) is 10.3 Å². The zero-order valence-corrected chi connectivity index (χ0v) is 12.6. The number of nitrogens with one attached hydrogen (secondary N) is 1. The molecule has 0 saturated heterocycles. The first-order chi connectivity index (χ1) is 11.7. The normalized spacial score (nSPS) is 10.8. The number of amides is 1. The summed E-state index contributed by atoms with van der Waals surface area (Å²) in [7, 11) is 0. The van der Waals surface area contributed by atoms with Gasteiger partial charge in [0.2, 0.25) is 5.89 Å². The van der Waals surface area contributed by atoms with Crippen molar-refractivity contribution in [1.29, 1.82) is 0 Å². The first kappa shape index (κ1) is 15.5. The summed E-state index contributed by atoms with van der Waals surface area (Å²) in [6, 6.07) is 16.2. The number of ether oxygens (including phenoxy) is 1. The van der Waals surface area contributed by atoms with Crippen molar-refractivity contribution in [3.63, 3.8) is 0 Å². The van der Waals surface area contributed by atoms with Gasteiger partial charge in [-0.2, -0.15) is 0 Å². The van der Waals surface area contributed by atoms with Crippen molar-refractivity contribution in [1.82, 2.24) is 4.98 Å². The van der Waals surface area contributed by atoms with Crippen LogP contribution >= 0.6 is 0 Å². The molecule has 1 heterocycles. The topological polar surface area (TPSA) is 81.4 Å². The third-order valence-corrected chi connectivity index (χ3v) is 3.08. The molecule has 3 rings (SSSR count). The van der Waals surface area contributed by atoms with Crippen molar-refractivity contribution < 1.29 is 18.7 Å². The van der Waals surface area contributed by atoms with Gasteiger partial charge in [0.05, 0.1) is 0 Å². The van der Waals surface area contributed by atoms with Crippen LogP contribution in [0, 0.1) is 0 Å². The van der Waals surface area contributed by atoms with Crippen molar-refractivity contribution in [3.05, 3.63) is 66.6 Å². The standard InChI is InChI=1S/C18H14N2O4/c21-16(19-13-6-2-1-3-7-13)12-23-18(22)11-10-17-20-14-8-4-5-9-15(14)24-17/h1-11H,12H2,(H,19,21)/b11-10+. The number of carbonyl (C=O) groups is 2. The van der Waals surface area contributed by atoms with Gasteiger partial charge < -0.3 is 14.5 Å². The molecule has 2 aromatic carbocycles. The third kappa shape index (κ3) is 4.07. The lowest BCUT2D eigenvalue weighted by Crippen LogP contribution is -2.20. The maximum Gasteiger partial charge on any atom is 0.331 e. The number of anilines is 1. The van der Waals surface area contributed by atoms with E-state index in [1.807, 2.05) is 24.3 Å². The van der Waals surface area contributed by atoms with Gasteiger partial charge in [0, 0.05) is 17.8 Å².